The first-order chi connectivity index (χ1) is 13.6. The molecule has 162 valence electrons. The maximum absolute atomic E-state index is 13.0. The molecule has 0 bridgehead atoms. The van der Waals surface area contributed by atoms with Crippen molar-refractivity contribution < 1.29 is 29.3 Å². The van der Waals surface area contributed by atoms with E-state index in [0.29, 0.717) is 31.4 Å². The van der Waals surface area contributed by atoms with Crippen LogP contribution in [0.15, 0.2) is 30.3 Å². The van der Waals surface area contributed by atoms with Gasteiger partial charge in [0, 0.05) is 18.1 Å². The van der Waals surface area contributed by atoms with Crippen LogP contribution >= 0.6 is 0 Å². The predicted octanol–water partition coefficient (Wildman–Crippen LogP) is 3.70. The lowest BCUT2D eigenvalue weighted by atomic mass is 9.89. The van der Waals surface area contributed by atoms with E-state index in [2.05, 4.69) is 0 Å². The van der Waals surface area contributed by atoms with Crippen LogP contribution in [0.5, 0.6) is 5.75 Å². The number of ether oxygens (including phenoxy) is 2. The van der Waals surface area contributed by atoms with Gasteiger partial charge in [-0.2, -0.15) is 0 Å². The first-order valence-corrected chi connectivity index (χ1v) is 10.2. The minimum Gasteiger partial charge on any atom is -0.486 e. The van der Waals surface area contributed by atoms with Gasteiger partial charge < -0.3 is 19.7 Å². The topological polar surface area (TPSA) is 96.3 Å². The molecule has 0 unspecified atom stereocenters. The summed E-state index contributed by atoms with van der Waals surface area (Å²) in [6, 6.07) is 8.43. The van der Waals surface area contributed by atoms with Crippen LogP contribution in [0.2, 0.25) is 0 Å². The van der Waals surface area contributed by atoms with Crippen LogP contribution in [0.3, 0.4) is 0 Å². The lowest BCUT2D eigenvalue weighted by Crippen LogP contribution is -2.55. The van der Waals surface area contributed by atoms with Crippen LogP contribution in [-0.2, 0) is 9.53 Å². The van der Waals surface area contributed by atoms with Gasteiger partial charge >= 0.3 is 12.1 Å². The summed E-state index contributed by atoms with van der Waals surface area (Å²) in [5.41, 5.74) is -0.739. The maximum atomic E-state index is 13.0. The molecule has 1 heterocycles. The first-order valence-electron chi connectivity index (χ1n) is 10.2. The van der Waals surface area contributed by atoms with Crippen molar-refractivity contribution in [2.24, 2.45) is 5.92 Å². The van der Waals surface area contributed by atoms with Gasteiger partial charge in [0.05, 0.1) is 0 Å². The molecule has 1 fully saturated rings. The van der Waals surface area contributed by atoms with Crippen molar-refractivity contribution >= 4 is 12.1 Å². The van der Waals surface area contributed by atoms with Gasteiger partial charge in [0.1, 0.15) is 24.0 Å². The molecule has 7 heteroatoms. The Balaban J connectivity index is 2.30. The van der Waals surface area contributed by atoms with E-state index in [1.165, 1.54) is 4.90 Å². The number of amides is 1. The molecule has 7 nitrogen and oxygen atoms in total. The number of benzene rings is 1. The number of rotatable bonds is 5. The summed E-state index contributed by atoms with van der Waals surface area (Å²) in [4.78, 5) is 26.0. The third-order valence-electron chi connectivity index (χ3n) is 5.31. The average molecular weight is 408 g/mol. The smallest absolute Gasteiger partial charge is 0.408 e. The Morgan fingerprint density at radius 3 is 2.45 bits per heavy atom. The zero-order valence-electron chi connectivity index (χ0n) is 17.7. The van der Waals surface area contributed by atoms with E-state index in [0.717, 1.165) is 0 Å². The number of carbonyl (C=O) groups excluding carboxylic acids is 1. The quantitative estimate of drug-likeness (QED) is 0.723. The van der Waals surface area contributed by atoms with Crippen LogP contribution < -0.4 is 4.74 Å². The summed E-state index contributed by atoms with van der Waals surface area (Å²) in [5, 5.41) is 19.3. The van der Waals surface area contributed by atoms with Gasteiger partial charge in [-0.05, 0) is 59.1 Å². The molecule has 0 spiro atoms. The highest BCUT2D eigenvalue weighted by Gasteiger charge is 2.41. The SMILES string of the molecule is C[C@@H]1OC(=O)[C@@H](N(C(=O)O)C(C)(C)C)CCC[C@H](CCO)[C@H]1Oc1ccccc1. The summed E-state index contributed by atoms with van der Waals surface area (Å²) in [6.07, 6.45) is 0.0610. The number of aliphatic hydroxyl groups is 1. The highest BCUT2D eigenvalue weighted by Crippen LogP contribution is 2.30. The predicted molar refractivity (Wildman–Crippen MR) is 109 cm³/mol. The Hall–Kier alpha value is -2.28. The number of aliphatic hydroxyl groups excluding tert-OH is 1. The number of carbonyl (C=O) groups is 2. The third-order valence-corrected chi connectivity index (χ3v) is 5.31. The fourth-order valence-corrected chi connectivity index (χ4v) is 4.01. The van der Waals surface area contributed by atoms with Gasteiger partial charge in [-0.25, -0.2) is 9.59 Å². The molecule has 1 aliphatic heterocycles. The Bertz CT molecular complexity index is 672. The fraction of sp³-hybridized carbons (Fsp3) is 0.636. The monoisotopic (exact) mass is 407 g/mol. The van der Waals surface area contributed by atoms with E-state index in [4.69, 9.17) is 9.47 Å². The number of carboxylic acid groups (broad SMARTS) is 1. The number of esters is 1. The molecule has 0 saturated carbocycles. The Morgan fingerprint density at radius 1 is 1.24 bits per heavy atom. The molecule has 1 aromatic rings. The molecular weight excluding hydrogens is 374 g/mol. The minimum atomic E-state index is -1.14. The van der Waals surface area contributed by atoms with E-state index in [1.54, 1.807) is 27.7 Å². The van der Waals surface area contributed by atoms with Crippen LogP contribution in [-0.4, -0.2) is 57.6 Å². The largest absolute Gasteiger partial charge is 0.486 e. The Kier molecular flexibility index (Phi) is 7.90. The summed E-state index contributed by atoms with van der Waals surface area (Å²) in [6.45, 7) is 7.06. The molecule has 2 N–H and O–H groups in total. The van der Waals surface area contributed by atoms with Gasteiger partial charge in [0.15, 0.2) is 0 Å². The number of hydrogen-bond donors (Lipinski definition) is 2. The van der Waals surface area contributed by atoms with Crippen molar-refractivity contribution in [1.82, 2.24) is 4.90 Å². The first kappa shape index (κ1) is 23.0. The van der Waals surface area contributed by atoms with E-state index >= 15 is 0 Å². The standard InChI is InChI=1S/C22H33NO6/c1-15-19(29-17-10-6-5-7-11-17)16(13-14-24)9-8-12-18(20(25)28-15)23(21(26)27)22(2,3)4/h5-7,10-11,15-16,18-19,24H,8-9,12-14H2,1-4H3,(H,26,27)/t15-,16+,18-,19-/m0/s1. The van der Waals surface area contributed by atoms with Crippen molar-refractivity contribution in [2.45, 2.75) is 77.2 Å². The van der Waals surface area contributed by atoms with Gasteiger partial charge in [0.25, 0.3) is 0 Å². The molecular formula is C22H33NO6. The van der Waals surface area contributed by atoms with Gasteiger partial charge in [-0.1, -0.05) is 24.6 Å². The fourth-order valence-electron chi connectivity index (χ4n) is 4.01. The van der Waals surface area contributed by atoms with E-state index in [9.17, 15) is 19.8 Å². The summed E-state index contributed by atoms with van der Waals surface area (Å²) in [5.74, 6) is 0.0943. The second-order valence-corrected chi connectivity index (χ2v) is 8.58. The molecule has 4 atom stereocenters. The molecule has 0 aromatic heterocycles. The Labute approximate surface area is 172 Å². The van der Waals surface area contributed by atoms with E-state index in [1.807, 2.05) is 30.3 Å². The average Bonchev–Trinajstić information content (AvgIpc) is 2.67. The highest BCUT2D eigenvalue weighted by atomic mass is 16.6. The number of nitrogens with zero attached hydrogens (tertiary/aromatic N) is 1. The lowest BCUT2D eigenvalue weighted by Gasteiger charge is -2.38. The van der Waals surface area contributed by atoms with Crippen LogP contribution in [0.25, 0.3) is 0 Å². The Morgan fingerprint density at radius 2 is 1.90 bits per heavy atom. The molecule has 1 aromatic carbocycles. The van der Waals surface area contributed by atoms with Crippen LogP contribution in [0, 0.1) is 5.92 Å². The maximum Gasteiger partial charge on any atom is 0.408 e. The van der Waals surface area contributed by atoms with Gasteiger partial charge in [-0.15, -0.1) is 0 Å². The van der Waals surface area contributed by atoms with Gasteiger partial charge in [0.2, 0.25) is 0 Å². The van der Waals surface area contributed by atoms with Crippen molar-refractivity contribution in [3.05, 3.63) is 30.3 Å². The zero-order chi connectivity index (χ0) is 21.6. The molecule has 29 heavy (non-hydrogen) atoms. The molecule has 0 radical (unpaired) electrons. The zero-order valence-corrected chi connectivity index (χ0v) is 17.7. The summed E-state index contributed by atoms with van der Waals surface area (Å²) in [7, 11) is 0. The highest BCUT2D eigenvalue weighted by molar-refractivity contribution is 5.81. The molecule has 1 saturated heterocycles. The van der Waals surface area contributed by atoms with Gasteiger partial charge in [-0.3, -0.25) is 4.90 Å². The second kappa shape index (κ2) is 9.96. The third kappa shape index (κ3) is 6.10. The minimum absolute atomic E-state index is 0.00660. The van der Waals surface area contributed by atoms with Crippen LogP contribution in [0.1, 0.15) is 53.4 Å². The van der Waals surface area contributed by atoms with Crippen molar-refractivity contribution in [3.8, 4) is 5.75 Å². The summed E-state index contributed by atoms with van der Waals surface area (Å²) < 4.78 is 11.9. The lowest BCUT2D eigenvalue weighted by molar-refractivity contribution is -0.161. The molecule has 1 aliphatic rings. The van der Waals surface area contributed by atoms with Crippen molar-refractivity contribution in [3.63, 3.8) is 0 Å². The van der Waals surface area contributed by atoms with Crippen molar-refractivity contribution in [1.29, 1.82) is 0 Å². The number of para-hydroxylation sites is 1. The molecule has 2 rings (SSSR count). The van der Waals surface area contributed by atoms with Crippen molar-refractivity contribution in [2.75, 3.05) is 6.61 Å². The van der Waals surface area contributed by atoms with E-state index < -0.39 is 35.9 Å². The molecule has 1 amide bonds. The summed E-state index contributed by atoms with van der Waals surface area (Å²) >= 11 is 0. The number of hydrogen-bond acceptors (Lipinski definition) is 5. The van der Waals surface area contributed by atoms with E-state index in [-0.39, 0.29) is 12.5 Å². The second-order valence-electron chi connectivity index (χ2n) is 8.58. The number of cyclic esters (lactones) is 1. The van der Waals surface area contributed by atoms with Crippen LogP contribution in [0.4, 0.5) is 4.79 Å². The molecule has 0 aliphatic carbocycles. The normalized spacial score (nSPS) is 25.9.